The van der Waals surface area contributed by atoms with Gasteiger partial charge in [-0.15, -0.1) is 0 Å². The van der Waals surface area contributed by atoms with Crippen molar-refractivity contribution < 1.29 is 19.5 Å². The number of carbonyl (C=O) groups excluding carboxylic acids is 1. The summed E-state index contributed by atoms with van der Waals surface area (Å²) in [7, 11) is 0. The minimum Gasteiger partial charge on any atom is -0.872 e. The van der Waals surface area contributed by atoms with Crippen molar-refractivity contribution in [1.82, 2.24) is 4.57 Å². The number of ether oxygens (including phenoxy) is 1. The van der Waals surface area contributed by atoms with Crippen molar-refractivity contribution in [2.75, 3.05) is 13.1 Å². The van der Waals surface area contributed by atoms with Gasteiger partial charge in [0.25, 0.3) is 0 Å². The average molecular weight is 417 g/mol. The number of rotatable bonds is 4. The van der Waals surface area contributed by atoms with Crippen LogP contribution in [0.1, 0.15) is 48.2 Å². The molecule has 2 aromatic carbocycles. The smallest absolute Gasteiger partial charge is 0.231 e. The van der Waals surface area contributed by atoms with Crippen LogP contribution in [0.15, 0.2) is 48.4 Å². The zero-order valence-electron chi connectivity index (χ0n) is 18.1. The van der Waals surface area contributed by atoms with Gasteiger partial charge in [0.05, 0.1) is 18.7 Å². The summed E-state index contributed by atoms with van der Waals surface area (Å²) in [4.78, 5) is 14.5. The van der Waals surface area contributed by atoms with Crippen LogP contribution in [-0.2, 0) is 13.1 Å². The number of nitrogens with zero attached hydrogens (tertiary/aromatic N) is 1. The summed E-state index contributed by atoms with van der Waals surface area (Å²) in [5.41, 5.74) is 3.22. The molecule has 3 heterocycles. The van der Waals surface area contributed by atoms with Crippen LogP contribution >= 0.6 is 0 Å². The number of piperidine rings is 1. The fourth-order valence-electron chi connectivity index (χ4n) is 4.85. The number of ketones is 1. The van der Waals surface area contributed by atoms with Crippen LogP contribution < -0.4 is 14.7 Å². The van der Waals surface area contributed by atoms with Gasteiger partial charge in [0.2, 0.25) is 5.78 Å². The Kier molecular flexibility index (Phi) is 5.06. The van der Waals surface area contributed by atoms with Crippen LogP contribution in [0.4, 0.5) is 0 Å². The third-order valence-electron chi connectivity index (χ3n) is 6.75. The summed E-state index contributed by atoms with van der Waals surface area (Å²) in [5.74, 6) is 1.32. The molecule has 1 fully saturated rings. The summed E-state index contributed by atoms with van der Waals surface area (Å²) in [6.07, 6.45) is 6.22. The van der Waals surface area contributed by atoms with E-state index in [9.17, 15) is 9.90 Å². The van der Waals surface area contributed by atoms with Crippen LogP contribution in [-0.4, -0.2) is 23.4 Å². The number of fused-ring (bicyclic) bond motifs is 2. The Morgan fingerprint density at radius 1 is 1.19 bits per heavy atom. The van der Waals surface area contributed by atoms with Crippen LogP contribution in [0, 0.1) is 5.92 Å². The molecule has 0 spiro atoms. The third-order valence-corrected chi connectivity index (χ3v) is 6.75. The van der Waals surface area contributed by atoms with Gasteiger partial charge in [-0.2, -0.15) is 0 Å². The second-order valence-corrected chi connectivity index (χ2v) is 8.86. The number of aryl methyl sites for hydroxylation is 1. The lowest BCUT2D eigenvalue weighted by Crippen LogP contribution is -3.11. The molecular formula is C26H28N2O3. The van der Waals surface area contributed by atoms with Crippen molar-refractivity contribution in [2.45, 2.75) is 39.8 Å². The molecule has 0 amide bonds. The number of para-hydroxylation sites is 1. The summed E-state index contributed by atoms with van der Waals surface area (Å²) >= 11 is 0. The van der Waals surface area contributed by atoms with E-state index in [-0.39, 0.29) is 11.5 Å². The number of benzene rings is 2. The second-order valence-electron chi connectivity index (χ2n) is 8.86. The van der Waals surface area contributed by atoms with E-state index < -0.39 is 0 Å². The molecule has 0 atom stereocenters. The van der Waals surface area contributed by atoms with Crippen LogP contribution in [0.3, 0.4) is 0 Å². The highest BCUT2D eigenvalue weighted by molar-refractivity contribution is 6.15. The molecule has 1 N–H and O–H groups in total. The molecule has 1 aromatic heterocycles. The van der Waals surface area contributed by atoms with E-state index in [2.05, 4.69) is 36.7 Å². The van der Waals surface area contributed by atoms with Crippen LogP contribution in [0.2, 0.25) is 0 Å². The van der Waals surface area contributed by atoms with Crippen molar-refractivity contribution in [2.24, 2.45) is 5.92 Å². The number of carbonyl (C=O) groups is 1. The normalized spacial score (nSPS) is 22.1. The number of aromatic nitrogens is 1. The lowest BCUT2D eigenvalue weighted by atomic mass is 9.98. The molecule has 2 aliphatic rings. The highest BCUT2D eigenvalue weighted by Crippen LogP contribution is 2.39. The topological polar surface area (TPSA) is 58.7 Å². The van der Waals surface area contributed by atoms with E-state index in [1.54, 1.807) is 6.07 Å². The molecule has 160 valence electrons. The number of hydrogen-bond acceptors (Lipinski definition) is 3. The molecule has 2 aliphatic heterocycles. The minimum absolute atomic E-state index is 0.0403. The van der Waals surface area contributed by atoms with E-state index in [0.717, 1.165) is 42.0 Å². The van der Waals surface area contributed by atoms with Crippen LogP contribution in [0.5, 0.6) is 11.5 Å². The molecule has 0 radical (unpaired) electrons. The predicted octanol–water partition coefficient (Wildman–Crippen LogP) is 3.17. The van der Waals surface area contributed by atoms with Gasteiger partial charge in [0, 0.05) is 34.8 Å². The van der Waals surface area contributed by atoms with Gasteiger partial charge >= 0.3 is 0 Å². The Hall–Kier alpha value is -3.05. The number of nitrogens with one attached hydrogen (secondary N) is 1. The second kappa shape index (κ2) is 7.89. The van der Waals surface area contributed by atoms with E-state index in [0.29, 0.717) is 29.2 Å². The van der Waals surface area contributed by atoms with E-state index in [4.69, 9.17) is 4.74 Å². The van der Waals surface area contributed by atoms with E-state index in [1.165, 1.54) is 23.8 Å². The Morgan fingerprint density at radius 2 is 1.97 bits per heavy atom. The first kappa shape index (κ1) is 19.9. The maximum absolute atomic E-state index is 13.1. The molecule has 0 aliphatic carbocycles. The largest absolute Gasteiger partial charge is 0.872 e. The standard InChI is InChI=1S/C26H28N2O3/c1-3-28-15-18(19-6-4-5-7-22(19)28)14-24-25(30)20-8-9-23(29)21(26(20)31-24)16-27-12-10-17(2)11-13-27/h4-9,14-15,17,29H,3,10-13,16H2,1-2H3/b24-14+. The average Bonchev–Trinajstić information content (AvgIpc) is 3.30. The number of allylic oxidation sites excluding steroid dienone is 1. The Balaban J connectivity index is 1.49. The predicted molar refractivity (Wildman–Crippen MR) is 119 cm³/mol. The zero-order chi connectivity index (χ0) is 21.5. The monoisotopic (exact) mass is 416 g/mol. The van der Waals surface area contributed by atoms with Gasteiger partial charge in [-0.3, -0.25) is 4.79 Å². The maximum Gasteiger partial charge on any atom is 0.231 e. The molecule has 5 nitrogen and oxygen atoms in total. The van der Waals surface area contributed by atoms with Crippen molar-refractivity contribution in [3.05, 3.63) is 65.0 Å². The Bertz CT molecular complexity index is 1180. The van der Waals surface area contributed by atoms with Gasteiger partial charge in [-0.1, -0.05) is 36.9 Å². The molecule has 1 saturated heterocycles. The molecule has 0 saturated carbocycles. The first-order valence-electron chi connectivity index (χ1n) is 11.2. The summed E-state index contributed by atoms with van der Waals surface area (Å²) < 4.78 is 8.24. The van der Waals surface area contributed by atoms with Crippen molar-refractivity contribution in [1.29, 1.82) is 0 Å². The van der Waals surface area contributed by atoms with Crippen molar-refractivity contribution >= 4 is 22.8 Å². The SMILES string of the molecule is CCn1cc(/C=C2/Oc3c(ccc([O-])c3C[NH+]3CCC(C)CC3)C2=O)c2ccccc21. The molecule has 0 unspecified atom stereocenters. The molecule has 0 bridgehead atoms. The molecular weight excluding hydrogens is 388 g/mol. The quantitative estimate of drug-likeness (QED) is 0.665. The summed E-state index contributed by atoms with van der Waals surface area (Å²) in [6, 6.07) is 11.3. The Morgan fingerprint density at radius 3 is 2.74 bits per heavy atom. The van der Waals surface area contributed by atoms with Gasteiger partial charge in [-0.05, 0) is 43.9 Å². The lowest BCUT2D eigenvalue weighted by Gasteiger charge is -2.29. The molecule has 31 heavy (non-hydrogen) atoms. The number of Topliss-reactive ketones (excluding diaryl/α,β-unsaturated/α-hetero) is 1. The highest BCUT2D eigenvalue weighted by atomic mass is 16.5. The first-order valence-corrected chi connectivity index (χ1v) is 11.2. The van der Waals surface area contributed by atoms with E-state index >= 15 is 0 Å². The highest BCUT2D eigenvalue weighted by Gasteiger charge is 2.32. The zero-order valence-corrected chi connectivity index (χ0v) is 18.1. The van der Waals surface area contributed by atoms with Crippen molar-refractivity contribution in [3.8, 4) is 11.5 Å². The Labute approximate surface area is 182 Å². The molecule has 3 aromatic rings. The van der Waals surface area contributed by atoms with Crippen LogP contribution in [0.25, 0.3) is 17.0 Å². The van der Waals surface area contributed by atoms with Gasteiger partial charge in [0.1, 0.15) is 12.3 Å². The number of hydrogen-bond donors (Lipinski definition) is 1. The van der Waals surface area contributed by atoms with Gasteiger partial charge in [0.15, 0.2) is 5.76 Å². The summed E-state index contributed by atoms with van der Waals surface area (Å²) in [6.45, 7) is 7.95. The van der Waals surface area contributed by atoms with E-state index in [1.807, 2.05) is 18.2 Å². The van der Waals surface area contributed by atoms with Gasteiger partial charge in [-0.25, -0.2) is 0 Å². The summed E-state index contributed by atoms with van der Waals surface area (Å²) in [5, 5.41) is 13.8. The third kappa shape index (κ3) is 3.53. The van der Waals surface area contributed by atoms with Gasteiger partial charge < -0.3 is 19.3 Å². The first-order chi connectivity index (χ1) is 15.0. The van der Waals surface area contributed by atoms with Crippen molar-refractivity contribution in [3.63, 3.8) is 0 Å². The lowest BCUT2D eigenvalue weighted by molar-refractivity contribution is -0.919. The minimum atomic E-state index is -0.146. The fraction of sp³-hybridized carbons (Fsp3) is 0.346. The molecule has 5 heteroatoms. The maximum atomic E-state index is 13.1. The molecule has 5 rings (SSSR count). The number of likely N-dealkylation sites (tertiary alicyclic amines) is 1. The number of quaternary nitrogens is 1. The fourth-order valence-corrected chi connectivity index (χ4v) is 4.85.